The number of amides is 1. The summed E-state index contributed by atoms with van der Waals surface area (Å²) in [6, 6.07) is 10.0. The molecule has 1 aliphatic carbocycles. The van der Waals surface area contributed by atoms with Crippen molar-refractivity contribution < 1.29 is 46.6 Å². The van der Waals surface area contributed by atoms with Gasteiger partial charge in [0.15, 0.2) is 31.1 Å². The second-order valence-electron chi connectivity index (χ2n) is 24.2. The molecule has 10 atom stereocenters. The zero-order valence-electron chi connectivity index (χ0n) is 52.2. The number of nitrogens with zero attached hydrogens (tertiary/aromatic N) is 2. The van der Waals surface area contributed by atoms with Crippen LogP contribution in [0.25, 0.3) is 0 Å². The van der Waals surface area contributed by atoms with Crippen LogP contribution < -0.4 is 0 Å². The number of ether oxygens (including phenoxy) is 5. The molecule has 4 aliphatic rings. The van der Waals surface area contributed by atoms with Gasteiger partial charge in [0.05, 0.1) is 43.5 Å². The van der Waals surface area contributed by atoms with E-state index < -0.39 is 48.4 Å². The molecular formula is C62H116N2O10Si3. The number of rotatable bonds is 30. The molecule has 3 fully saturated rings. The summed E-state index contributed by atoms with van der Waals surface area (Å²) in [4.78, 5) is 33.4. The van der Waals surface area contributed by atoms with Crippen LogP contribution in [0.2, 0.25) is 54.4 Å². The first-order valence-corrected chi connectivity index (χ1v) is 39.2. The summed E-state index contributed by atoms with van der Waals surface area (Å²) < 4.78 is 54.3. The highest BCUT2D eigenvalue weighted by Crippen LogP contribution is 2.43. The normalized spacial score (nSPS) is 28.2. The van der Waals surface area contributed by atoms with Crippen LogP contribution in [0, 0.1) is 11.8 Å². The molecule has 0 radical (unpaired) electrons. The maximum absolute atomic E-state index is 14.4. The lowest BCUT2D eigenvalue weighted by Crippen LogP contribution is -2.54. The second kappa shape index (κ2) is 32.8. The molecular weight excluding hydrogens is 1020 g/mol. The first kappa shape index (κ1) is 67.8. The van der Waals surface area contributed by atoms with Crippen molar-refractivity contribution in [3.63, 3.8) is 0 Å². The van der Waals surface area contributed by atoms with Crippen molar-refractivity contribution in [3.05, 3.63) is 36.0 Å². The molecule has 446 valence electrons. The minimum Gasteiger partial charge on any atom is -0.457 e. The number of hydrogen-bond donors (Lipinski definition) is 0. The summed E-state index contributed by atoms with van der Waals surface area (Å²) in [6.45, 7) is 39.8. The fraction of sp³-hybridized carbons (Fsp3) is 0.871. The Balaban J connectivity index is 1.71. The molecule has 4 rings (SSSR count). The van der Waals surface area contributed by atoms with E-state index in [1.165, 1.54) is 38.5 Å². The molecule has 0 spiro atoms. The SMILES string of the molecule is CCOCCOC1(C)CCC(O[Si](CC)(CC)CC)CC(=O)OC(/C(C)=C/C=C/C(C)(CC2OC2C(C)C(CC)O[Si](CC)(CC)CC)O[Si](CC)(CC)CC)C(C)/C=C/C1OC(=O)N1CCN(C2CCCCCC2)CC1. The smallest absolute Gasteiger partial charge is 0.410 e. The number of esters is 1. The van der Waals surface area contributed by atoms with E-state index in [1.807, 2.05) is 17.9 Å². The van der Waals surface area contributed by atoms with Crippen molar-refractivity contribution in [2.24, 2.45) is 11.8 Å². The van der Waals surface area contributed by atoms with Gasteiger partial charge in [0.25, 0.3) is 0 Å². The lowest BCUT2D eigenvalue weighted by molar-refractivity contribution is -0.152. The molecule has 77 heavy (non-hydrogen) atoms. The molecule has 3 heterocycles. The van der Waals surface area contributed by atoms with Crippen LogP contribution >= 0.6 is 0 Å². The van der Waals surface area contributed by atoms with Gasteiger partial charge in [-0.05, 0) is 126 Å². The molecule has 15 heteroatoms. The quantitative estimate of drug-likeness (QED) is 0.0130. The van der Waals surface area contributed by atoms with Gasteiger partial charge < -0.3 is 41.9 Å². The summed E-state index contributed by atoms with van der Waals surface area (Å²) in [5.41, 5.74) is -0.594. The van der Waals surface area contributed by atoms with Crippen LogP contribution in [0.4, 0.5) is 4.79 Å². The highest BCUT2D eigenvalue weighted by Gasteiger charge is 2.51. The number of piperazine rings is 1. The van der Waals surface area contributed by atoms with Crippen LogP contribution in [-0.2, 0) is 41.8 Å². The maximum Gasteiger partial charge on any atom is 0.410 e. The summed E-state index contributed by atoms with van der Waals surface area (Å²) in [7, 11) is -6.03. The summed E-state index contributed by atoms with van der Waals surface area (Å²) in [5.74, 6) is -0.261. The first-order valence-electron chi connectivity index (χ1n) is 31.6. The van der Waals surface area contributed by atoms with Gasteiger partial charge in [-0.3, -0.25) is 9.69 Å². The molecule has 12 nitrogen and oxygen atoms in total. The Morgan fingerprint density at radius 3 is 1.97 bits per heavy atom. The molecule has 2 saturated heterocycles. The Kier molecular flexibility index (Phi) is 28.9. The predicted octanol–water partition coefficient (Wildman–Crippen LogP) is 15.2. The first-order chi connectivity index (χ1) is 36.8. The van der Waals surface area contributed by atoms with Gasteiger partial charge in [-0.2, -0.15) is 0 Å². The molecule has 0 bridgehead atoms. The standard InChI is InChI=1S/C62H116N2O10Si3/c1-17-54(73-76(22-6,23-7)24-8)51(14)59-55(69-59)48-61(15,74-77(25-9,26-10)27-11)39-32-33-49(12)58-50(13)36-37-56(70-60(66)64-43-41-63(42-44-64)52-34-30-28-29-31-35-52)62(16,68-46-45-67-18-2)40-38-53(47-57(65)71-58)72-75(19-3,20-4)21-5/h32-33,36-37,39,50-56,58-59H,17-31,34-35,38,40-48H2,1-16H3/b37-36+,39-32+,49-33+. The largest absolute Gasteiger partial charge is 0.457 e. The second-order valence-corrected chi connectivity index (χ2v) is 38.3. The molecule has 0 aromatic heterocycles. The van der Waals surface area contributed by atoms with Crippen LogP contribution in [0.15, 0.2) is 36.0 Å². The van der Waals surface area contributed by atoms with Gasteiger partial charge in [0.2, 0.25) is 0 Å². The van der Waals surface area contributed by atoms with E-state index in [0.717, 1.165) is 85.9 Å². The Morgan fingerprint density at radius 2 is 1.42 bits per heavy atom. The van der Waals surface area contributed by atoms with E-state index >= 15 is 0 Å². The fourth-order valence-electron chi connectivity index (χ4n) is 13.0. The molecule has 3 aliphatic heterocycles. The zero-order valence-corrected chi connectivity index (χ0v) is 55.2. The number of allylic oxidation sites excluding steroid dienone is 2. The molecule has 1 amide bonds. The van der Waals surface area contributed by atoms with Crippen molar-refractivity contribution in [1.29, 1.82) is 0 Å². The van der Waals surface area contributed by atoms with Crippen molar-refractivity contribution in [3.8, 4) is 0 Å². The lowest BCUT2D eigenvalue weighted by atomic mass is 9.88. The van der Waals surface area contributed by atoms with E-state index in [2.05, 4.69) is 133 Å². The third-order valence-corrected chi connectivity index (χ3v) is 33.5. The maximum atomic E-state index is 14.4. The van der Waals surface area contributed by atoms with Crippen LogP contribution in [-0.4, -0.2) is 147 Å². The average Bonchev–Trinajstić information content (AvgIpc) is 4.27. The van der Waals surface area contributed by atoms with Crippen LogP contribution in [0.3, 0.4) is 0 Å². The highest BCUT2D eigenvalue weighted by atomic mass is 28.4. The van der Waals surface area contributed by atoms with E-state index in [9.17, 15) is 9.59 Å². The average molecular weight is 1130 g/mol. The Labute approximate surface area is 474 Å². The van der Waals surface area contributed by atoms with Gasteiger partial charge in [-0.1, -0.05) is 133 Å². The fourth-order valence-corrected chi connectivity index (χ4v) is 22.0. The highest BCUT2D eigenvalue weighted by molar-refractivity contribution is 6.74. The number of carbonyl (C=O) groups excluding carboxylic acids is 2. The van der Waals surface area contributed by atoms with E-state index in [1.54, 1.807) is 0 Å². The molecule has 0 aromatic rings. The minimum atomic E-state index is -2.17. The van der Waals surface area contributed by atoms with Crippen LogP contribution in [0.1, 0.15) is 181 Å². The predicted molar refractivity (Wildman–Crippen MR) is 324 cm³/mol. The van der Waals surface area contributed by atoms with Gasteiger partial charge in [0.1, 0.15) is 11.7 Å². The molecule has 10 unspecified atom stereocenters. The molecule has 0 aromatic carbocycles. The molecule has 1 saturated carbocycles. The number of cyclic esters (lactones) is 1. The van der Waals surface area contributed by atoms with Crippen LogP contribution in [0.5, 0.6) is 0 Å². The Hall–Kier alpha value is -1.67. The topological polar surface area (TPSA) is 118 Å². The zero-order chi connectivity index (χ0) is 56.9. The van der Waals surface area contributed by atoms with Crippen molar-refractivity contribution >= 4 is 37.0 Å². The summed E-state index contributed by atoms with van der Waals surface area (Å²) >= 11 is 0. The van der Waals surface area contributed by atoms with E-state index in [4.69, 9.17) is 37.0 Å². The third-order valence-electron chi connectivity index (χ3n) is 19.3. The van der Waals surface area contributed by atoms with Crippen molar-refractivity contribution in [2.75, 3.05) is 46.0 Å². The summed E-state index contributed by atoms with van der Waals surface area (Å²) in [6.07, 6.45) is 19.5. The Morgan fingerprint density at radius 1 is 0.818 bits per heavy atom. The molecule has 0 N–H and O–H groups in total. The summed E-state index contributed by atoms with van der Waals surface area (Å²) in [5, 5.41) is 0. The van der Waals surface area contributed by atoms with Gasteiger partial charge in [-0.15, -0.1) is 0 Å². The number of epoxide rings is 1. The van der Waals surface area contributed by atoms with Crippen molar-refractivity contribution in [1.82, 2.24) is 9.80 Å². The third kappa shape index (κ3) is 19.7. The number of hydrogen-bond acceptors (Lipinski definition) is 11. The lowest BCUT2D eigenvalue weighted by Gasteiger charge is -2.41. The monoisotopic (exact) mass is 1130 g/mol. The van der Waals surface area contributed by atoms with E-state index in [0.29, 0.717) is 51.8 Å². The van der Waals surface area contributed by atoms with E-state index in [-0.39, 0.29) is 54.7 Å². The van der Waals surface area contributed by atoms with Gasteiger partial charge >= 0.3 is 12.1 Å². The number of carbonyl (C=O) groups is 2. The van der Waals surface area contributed by atoms with Crippen molar-refractivity contribution in [2.45, 2.75) is 290 Å². The Bertz CT molecular complexity index is 1780. The van der Waals surface area contributed by atoms with Gasteiger partial charge in [-0.25, -0.2) is 4.79 Å². The minimum absolute atomic E-state index is 0.0785. The van der Waals surface area contributed by atoms with Gasteiger partial charge in [0, 0.05) is 63.2 Å².